The number of carbonyl (C=O) groups excluding carboxylic acids is 2. The number of aryl methyl sites for hydroxylation is 1. The molecule has 2 aromatic carbocycles. The van der Waals surface area contributed by atoms with E-state index in [1.807, 2.05) is 24.3 Å². The van der Waals surface area contributed by atoms with Crippen molar-refractivity contribution in [2.24, 2.45) is 10.2 Å². The van der Waals surface area contributed by atoms with Gasteiger partial charge in [0.2, 0.25) is 11.7 Å². The molecule has 0 spiro atoms. The molecule has 1 heterocycles. The van der Waals surface area contributed by atoms with E-state index in [1.54, 1.807) is 38.3 Å². The van der Waals surface area contributed by atoms with Crippen LogP contribution < -0.4 is 15.4 Å². The van der Waals surface area contributed by atoms with Gasteiger partial charge in [0.1, 0.15) is 11.3 Å². The van der Waals surface area contributed by atoms with Crippen molar-refractivity contribution in [2.75, 3.05) is 17.7 Å². The van der Waals surface area contributed by atoms with E-state index in [4.69, 9.17) is 4.74 Å². The molecule has 0 atom stereocenters. The van der Waals surface area contributed by atoms with Crippen LogP contribution in [0.2, 0.25) is 0 Å². The molecule has 9 heteroatoms. The van der Waals surface area contributed by atoms with Crippen LogP contribution >= 0.6 is 0 Å². The Labute approximate surface area is 173 Å². The number of nitrogens with zero attached hydrogens (tertiary/aromatic N) is 3. The second kappa shape index (κ2) is 9.46. The first-order valence-electron chi connectivity index (χ1n) is 9.20. The monoisotopic (exact) mass is 406 g/mol. The second-order valence-corrected chi connectivity index (χ2v) is 6.51. The Bertz CT molecular complexity index is 1070. The molecule has 0 saturated carbocycles. The van der Waals surface area contributed by atoms with Gasteiger partial charge in [0.05, 0.1) is 13.7 Å². The first-order valence-corrected chi connectivity index (χ1v) is 9.20. The number of amides is 2. The molecule has 0 aliphatic rings. The molecular formula is C21H22N6O3. The van der Waals surface area contributed by atoms with E-state index >= 15 is 0 Å². The summed E-state index contributed by atoms with van der Waals surface area (Å²) >= 11 is 0. The highest BCUT2D eigenvalue weighted by Crippen LogP contribution is 2.23. The van der Waals surface area contributed by atoms with Gasteiger partial charge >= 0.3 is 0 Å². The van der Waals surface area contributed by atoms with Crippen LogP contribution in [0.3, 0.4) is 0 Å². The average Bonchev–Trinajstić information content (AvgIpc) is 3.08. The number of methoxy groups -OCH3 is 1. The minimum atomic E-state index is -0.375. The molecule has 0 bridgehead atoms. The average molecular weight is 406 g/mol. The van der Waals surface area contributed by atoms with Crippen LogP contribution in [-0.2, 0) is 11.3 Å². The zero-order chi connectivity index (χ0) is 21.5. The number of rotatable bonds is 7. The van der Waals surface area contributed by atoms with Crippen LogP contribution in [0.5, 0.6) is 5.75 Å². The number of anilines is 2. The maximum Gasteiger partial charge on any atom is 0.261 e. The van der Waals surface area contributed by atoms with Gasteiger partial charge in [0.25, 0.3) is 5.91 Å². The number of azo groups is 1. The van der Waals surface area contributed by atoms with E-state index in [9.17, 15) is 9.59 Å². The molecule has 9 nitrogen and oxygen atoms in total. The molecule has 0 fully saturated rings. The Morgan fingerprint density at radius 1 is 1.10 bits per heavy atom. The number of aromatic amines is 1. The molecule has 3 rings (SSSR count). The highest BCUT2D eigenvalue weighted by Gasteiger charge is 2.18. The summed E-state index contributed by atoms with van der Waals surface area (Å²) in [6.45, 7) is 3.50. The van der Waals surface area contributed by atoms with Crippen molar-refractivity contribution in [1.29, 1.82) is 0 Å². The lowest BCUT2D eigenvalue weighted by atomic mass is 10.2. The van der Waals surface area contributed by atoms with Crippen molar-refractivity contribution in [3.8, 4) is 5.75 Å². The largest absolute Gasteiger partial charge is 0.497 e. The fourth-order valence-corrected chi connectivity index (χ4v) is 2.75. The summed E-state index contributed by atoms with van der Waals surface area (Å²) in [7, 11) is 1.61. The normalized spacial score (nSPS) is 10.8. The Hall–Kier alpha value is -4.01. The number of hydrogen-bond donors (Lipinski definition) is 3. The number of aromatic nitrogens is 2. The minimum Gasteiger partial charge on any atom is -0.497 e. The van der Waals surface area contributed by atoms with Crippen molar-refractivity contribution in [3.05, 3.63) is 65.4 Å². The number of ether oxygens (including phenoxy) is 1. The van der Waals surface area contributed by atoms with Gasteiger partial charge in [-0.15, -0.1) is 5.11 Å². The van der Waals surface area contributed by atoms with E-state index in [0.717, 1.165) is 11.3 Å². The van der Waals surface area contributed by atoms with E-state index in [1.165, 1.54) is 6.92 Å². The van der Waals surface area contributed by atoms with E-state index < -0.39 is 0 Å². The Morgan fingerprint density at radius 2 is 1.80 bits per heavy atom. The summed E-state index contributed by atoms with van der Waals surface area (Å²) in [6.07, 6.45) is 0. The third kappa shape index (κ3) is 5.28. The van der Waals surface area contributed by atoms with Crippen LogP contribution in [-0.4, -0.2) is 29.1 Å². The number of H-pyrrole nitrogens is 1. The molecule has 2 amide bonds. The van der Waals surface area contributed by atoms with Gasteiger partial charge < -0.3 is 15.4 Å². The fraction of sp³-hybridized carbons (Fsp3) is 0.190. The van der Waals surface area contributed by atoms with Gasteiger partial charge in [-0.05, 0) is 42.8 Å². The summed E-state index contributed by atoms with van der Waals surface area (Å²) in [5.74, 6) is 0.403. The predicted molar refractivity (Wildman–Crippen MR) is 113 cm³/mol. The minimum absolute atomic E-state index is 0.191. The van der Waals surface area contributed by atoms with Crippen LogP contribution in [0, 0.1) is 6.92 Å². The van der Waals surface area contributed by atoms with Crippen LogP contribution in [0.1, 0.15) is 28.5 Å². The number of benzene rings is 2. The van der Waals surface area contributed by atoms with Gasteiger partial charge in [0, 0.05) is 24.0 Å². The number of hydrogen-bond acceptors (Lipinski definition) is 6. The summed E-state index contributed by atoms with van der Waals surface area (Å²) in [6, 6.07) is 14.3. The predicted octanol–water partition coefficient (Wildman–Crippen LogP) is 4.22. The van der Waals surface area contributed by atoms with E-state index in [0.29, 0.717) is 29.2 Å². The summed E-state index contributed by atoms with van der Waals surface area (Å²) in [5.41, 5.74) is 2.95. The zero-order valence-corrected chi connectivity index (χ0v) is 16.9. The van der Waals surface area contributed by atoms with E-state index in [2.05, 4.69) is 31.1 Å². The molecule has 154 valence electrons. The van der Waals surface area contributed by atoms with Gasteiger partial charge in [-0.2, -0.15) is 10.2 Å². The smallest absolute Gasteiger partial charge is 0.261 e. The molecular weight excluding hydrogens is 384 g/mol. The molecule has 0 unspecified atom stereocenters. The fourth-order valence-electron chi connectivity index (χ4n) is 2.75. The topological polar surface area (TPSA) is 121 Å². The summed E-state index contributed by atoms with van der Waals surface area (Å²) < 4.78 is 5.13. The van der Waals surface area contributed by atoms with Crippen molar-refractivity contribution in [2.45, 2.75) is 20.4 Å². The molecule has 3 N–H and O–H groups in total. The third-order valence-corrected chi connectivity index (χ3v) is 4.17. The molecule has 1 aromatic heterocycles. The van der Waals surface area contributed by atoms with E-state index in [-0.39, 0.29) is 17.6 Å². The molecule has 0 aliphatic heterocycles. The summed E-state index contributed by atoms with van der Waals surface area (Å²) in [4.78, 5) is 24.0. The summed E-state index contributed by atoms with van der Waals surface area (Å²) in [5, 5.41) is 20.6. The molecule has 30 heavy (non-hydrogen) atoms. The van der Waals surface area contributed by atoms with Crippen LogP contribution in [0.4, 0.5) is 17.2 Å². The first kappa shape index (κ1) is 20.7. The van der Waals surface area contributed by atoms with Gasteiger partial charge in [-0.25, -0.2) is 0 Å². The van der Waals surface area contributed by atoms with Crippen molar-refractivity contribution >= 4 is 29.0 Å². The first-order chi connectivity index (χ1) is 14.5. The lowest BCUT2D eigenvalue weighted by Gasteiger charge is -2.08. The quantitative estimate of drug-likeness (QED) is 0.509. The van der Waals surface area contributed by atoms with Gasteiger partial charge in [0.15, 0.2) is 0 Å². The number of nitrogens with one attached hydrogen (secondary N) is 3. The highest BCUT2D eigenvalue weighted by molar-refractivity contribution is 6.08. The molecule has 0 radical (unpaired) electrons. The van der Waals surface area contributed by atoms with Crippen molar-refractivity contribution in [1.82, 2.24) is 10.2 Å². The Morgan fingerprint density at radius 3 is 2.47 bits per heavy atom. The Kier molecular flexibility index (Phi) is 6.53. The Balaban J connectivity index is 1.71. The zero-order valence-electron chi connectivity index (χ0n) is 16.9. The lowest BCUT2D eigenvalue weighted by molar-refractivity contribution is -0.114. The van der Waals surface area contributed by atoms with Gasteiger partial charge in [-0.3, -0.25) is 14.7 Å². The standard InChI is InChI=1S/C21H22N6O3/c1-13-19(21(29)24-17-6-4-5-16(11-17)23-14(2)28)20(27-25-13)26-22-12-15-7-9-18(30-3)10-8-15/h4-11H,12H2,1-3H3,(H,23,28)(H,24,29)(H,25,27). The van der Waals surface area contributed by atoms with Crippen LogP contribution in [0.15, 0.2) is 58.8 Å². The number of carbonyl (C=O) groups is 2. The maximum atomic E-state index is 12.8. The molecule has 0 aliphatic carbocycles. The van der Waals surface area contributed by atoms with Crippen LogP contribution in [0.25, 0.3) is 0 Å². The van der Waals surface area contributed by atoms with Crippen molar-refractivity contribution < 1.29 is 14.3 Å². The SMILES string of the molecule is COc1ccc(CN=Nc2n[nH]c(C)c2C(=O)Nc2cccc(NC(C)=O)c2)cc1. The molecule has 3 aromatic rings. The second-order valence-electron chi connectivity index (χ2n) is 6.51. The van der Waals surface area contributed by atoms with Gasteiger partial charge in [-0.1, -0.05) is 18.2 Å². The van der Waals surface area contributed by atoms with Crippen molar-refractivity contribution in [3.63, 3.8) is 0 Å². The lowest BCUT2D eigenvalue weighted by Crippen LogP contribution is -2.13. The maximum absolute atomic E-state index is 12.8. The highest BCUT2D eigenvalue weighted by atomic mass is 16.5. The third-order valence-electron chi connectivity index (χ3n) is 4.17. The molecule has 0 saturated heterocycles.